The Bertz CT molecular complexity index is 467. The summed E-state index contributed by atoms with van der Waals surface area (Å²) in [5.74, 6) is 0. The van der Waals surface area contributed by atoms with Crippen LogP contribution in [0.3, 0.4) is 0 Å². The van der Waals surface area contributed by atoms with E-state index in [9.17, 15) is 0 Å². The zero-order valence-corrected chi connectivity index (χ0v) is 9.03. The van der Waals surface area contributed by atoms with Gasteiger partial charge in [-0.3, -0.25) is 4.98 Å². The fourth-order valence-corrected chi connectivity index (χ4v) is 2.73. The molecule has 3 rings (SSSR count). The molecule has 0 N–H and O–H groups in total. The van der Waals surface area contributed by atoms with Crippen LogP contribution in [0.4, 0.5) is 11.4 Å². The molecule has 0 unspecified atom stereocenters. The van der Waals surface area contributed by atoms with E-state index in [0.717, 1.165) is 15.6 Å². The average molecular weight is 215 g/mol. The van der Waals surface area contributed by atoms with Crippen molar-refractivity contribution in [3.63, 3.8) is 0 Å². The molecule has 3 heterocycles. The number of hydrogen-bond donors (Lipinski definition) is 0. The fourth-order valence-electron chi connectivity index (χ4n) is 1.68. The van der Waals surface area contributed by atoms with Gasteiger partial charge >= 0.3 is 0 Å². The topological polar surface area (TPSA) is 29.0 Å². The Labute approximate surface area is 92.2 Å². The van der Waals surface area contributed by atoms with Gasteiger partial charge in [-0.1, -0.05) is 11.8 Å². The van der Waals surface area contributed by atoms with E-state index in [0.29, 0.717) is 0 Å². The standard InChI is InChI=1S/C11H9N3S/c1-14-8-4-6-12-7-10(8)15-11-9(14)3-2-5-13-11/h2-7H,1H3. The lowest BCUT2D eigenvalue weighted by Gasteiger charge is -2.27. The molecule has 0 amide bonds. The van der Waals surface area contributed by atoms with Crippen molar-refractivity contribution in [2.45, 2.75) is 9.92 Å². The second-order valence-electron chi connectivity index (χ2n) is 3.33. The Hall–Kier alpha value is -1.55. The monoisotopic (exact) mass is 215 g/mol. The minimum absolute atomic E-state index is 1.04. The van der Waals surface area contributed by atoms with Crippen molar-refractivity contribution >= 4 is 23.1 Å². The quantitative estimate of drug-likeness (QED) is 0.675. The predicted molar refractivity (Wildman–Crippen MR) is 60.7 cm³/mol. The molecule has 1 aliphatic heterocycles. The molecule has 4 heteroatoms. The summed E-state index contributed by atoms with van der Waals surface area (Å²) < 4.78 is 0. The van der Waals surface area contributed by atoms with Gasteiger partial charge in [-0.05, 0) is 18.2 Å². The molecule has 74 valence electrons. The first-order chi connectivity index (χ1) is 7.36. The minimum Gasteiger partial charge on any atom is -0.341 e. The van der Waals surface area contributed by atoms with Crippen LogP contribution < -0.4 is 4.90 Å². The third-order valence-corrected chi connectivity index (χ3v) is 3.49. The molecule has 0 spiro atoms. The molecule has 0 atom stereocenters. The molecule has 0 saturated heterocycles. The largest absolute Gasteiger partial charge is 0.341 e. The Morgan fingerprint density at radius 3 is 3.07 bits per heavy atom. The van der Waals surface area contributed by atoms with E-state index in [1.807, 2.05) is 30.7 Å². The molecule has 15 heavy (non-hydrogen) atoms. The van der Waals surface area contributed by atoms with Gasteiger partial charge in [0.2, 0.25) is 0 Å². The van der Waals surface area contributed by atoms with E-state index >= 15 is 0 Å². The zero-order valence-electron chi connectivity index (χ0n) is 8.21. The molecule has 0 aromatic carbocycles. The second kappa shape index (κ2) is 3.24. The van der Waals surface area contributed by atoms with E-state index in [2.05, 4.69) is 28.0 Å². The SMILES string of the molecule is CN1c2ccncc2Sc2ncccc21. The average Bonchev–Trinajstić information content (AvgIpc) is 2.30. The third-order valence-electron chi connectivity index (χ3n) is 2.44. The van der Waals surface area contributed by atoms with Crippen LogP contribution in [0, 0.1) is 0 Å². The van der Waals surface area contributed by atoms with Crippen molar-refractivity contribution < 1.29 is 0 Å². The number of nitrogens with zero attached hydrogens (tertiary/aromatic N) is 3. The number of rotatable bonds is 0. The van der Waals surface area contributed by atoms with Crippen molar-refractivity contribution in [1.29, 1.82) is 0 Å². The Kier molecular flexibility index (Phi) is 1.89. The molecule has 1 aliphatic rings. The van der Waals surface area contributed by atoms with Gasteiger partial charge in [0, 0.05) is 25.6 Å². The number of hydrogen-bond acceptors (Lipinski definition) is 4. The maximum Gasteiger partial charge on any atom is 0.125 e. The Morgan fingerprint density at radius 2 is 2.13 bits per heavy atom. The summed E-state index contributed by atoms with van der Waals surface area (Å²) in [6.07, 6.45) is 5.52. The second-order valence-corrected chi connectivity index (χ2v) is 4.36. The number of fused-ring (bicyclic) bond motifs is 2. The van der Waals surface area contributed by atoms with Crippen LogP contribution in [-0.2, 0) is 0 Å². The van der Waals surface area contributed by atoms with Crippen LogP contribution in [0.15, 0.2) is 46.7 Å². The molecular formula is C11H9N3S. The summed E-state index contributed by atoms with van der Waals surface area (Å²) in [6, 6.07) is 6.07. The van der Waals surface area contributed by atoms with Crippen molar-refractivity contribution in [2.24, 2.45) is 0 Å². The summed E-state index contributed by atoms with van der Waals surface area (Å²) in [4.78, 5) is 11.8. The van der Waals surface area contributed by atoms with E-state index in [1.165, 1.54) is 5.69 Å². The number of aromatic nitrogens is 2. The zero-order chi connectivity index (χ0) is 10.3. The maximum absolute atomic E-state index is 4.36. The van der Waals surface area contributed by atoms with Crippen LogP contribution in [0.2, 0.25) is 0 Å². The van der Waals surface area contributed by atoms with Gasteiger partial charge in [0.15, 0.2) is 0 Å². The van der Waals surface area contributed by atoms with Gasteiger partial charge in [0.1, 0.15) is 5.03 Å². The van der Waals surface area contributed by atoms with Crippen LogP contribution in [0.1, 0.15) is 0 Å². The summed E-state index contributed by atoms with van der Waals surface area (Å²) in [7, 11) is 2.05. The summed E-state index contributed by atoms with van der Waals surface area (Å²) in [5, 5.41) is 1.04. The summed E-state index contributed by atoms with van der Waals surface area (Å²) in [5.41, 5.74) is 2.34. The third kappa shape index (κ3) is 1.29. The molecule has 0 aliphatic carbocycles. The molecule has 0 bridgehead atoms. The van der Waals surface area contributed by atoms with Crippen LogP contribution >= 0.6 is 11.8 Å². The number of pyridine rings is 2. The highest BCUT2D eigenvalue weighted by atomic mass is 32.2. The van der Waals surface area contributed by atoms with Gasteiger partial charge in [0.05, 0.1) is 16.3 Å². The molecule has 3 nitrogen and oxygen atoms in total. The first-order valence-corrected chi connectivity index (χ1v) is 5.48. The lowest BCUT2D eigenvalue weighted by atomic mass is 10.3. The highest BCUT2D eigenvalue weighted by Crippen LogP contribution is 2.45. The first kappa shape index (κ1) is 8.73. The van der Waals surface area contributed by atoms with Crippen molar-refractivity contribution in [3.05, 3.63) is 36.8 Å². The summed E-state index contributed by atoms with van der Waals surface area (Å²) in [6.45, 7) is 0. The van der Waals surface area contributed by atoms with Crippen molar-refractivity contribution in [1.82, 2.24) is 9.97 Å². The Morgan fingerprint density at radius 1 is 1.20 bits per heavy atom. The van der Waals surface area contributed by atoms with Crippen LogP contribution in [-0.4, -0.2) is 17.0 Å². The fraction of sp³-hybridized carbons (Fsp3) is 0.0909. The van der Waals surface area contributed by atoms with Crippen LogP contribution in [0.25, 0.3) is 0 Å². The van der Waals surface area contributed by atoms with Gasteiger partial charge in [0.25, 0.3) is 0 Å². The van der Waals surface area contributed by atoms with E-state index in [1.54, 1.807) is 11.8 Å². The highest BCUT2D eigenvalue weighted by Gasteiger charge is 2.20. The van der Waals surface area contributed by atoms with Gasteiger partial charge in [-0.15, -0.1) is 0 Å². The summed E-state index contributed by atoms with van der Waals surface area (Å²) >= 11 is 1.67. The van der Waals surface area contributed by atoms with Crippen LogP contribution in [0.5, 0.6) is 0 Å². The molecule has 2 aromatic heterocycles. The van der Waals surface area contributed by atoms with E-state index in [4.69, 9.17) is 0 Å². The van der Waals surface area contributed by atoms with Gasteiger partial charge in [-0.2, -0.15) is 0 Å². The molecule has 0 fully saturated rings. The highest BCUT2D eigenvalue weighted by molar-refractivity contribution is 7.99. The molecular weight excluding hydrogens is 206 g/mol. The predicted octanol–water partition coefficient (Wildman–Crippen LogP) is 2.71. The smallest absolute Gasteiger partial charge is 0.125 e. The normalized spacial score (nSPS) is 13.3. The van der Waals surface area contributed by atoms with Gasteiger partial charge < -0.3 is 4.90 Å². The van der Waals surface area contributed by atoms with Crippen molar-refractivity contribution in [2.75, 3.05) is 11.9 Å². The molecule has 0 saturated carbocycles. The first-order valence-electron chi connectivity index (χ1n) is 4.67. The lowest BCUT2D eigenvalue weighted by molar-refractivity contribution is 1.02. The maximum atomic E-state index is 4.36. The van der Waals surface area contributed by atoms with Crippen molar-refractivity contribution in [3.8, 4) is 0 Å². The Balaban J connectivity index is 2.20. The van der Waals surface area contributed by atoms with E-state index in [-0.39, 0.29) is 0 Å². The van der Waals surface area contributed by atoms with Gasteiger partial charge in [-0.25, -0.2) is 4.98 Å². The molecule has 2 aromatic rings. The van der Waals surface area contributed by atoms with E-state index < -0.39 is 0 Å². The number of anilines is 2. The minimum atomic E-state index is 1.04. The lowest BCUT2D eigenvalue weighted by Crippen LogP contribution is -2.15. The molecule has 0 radical (unpaired) electrons.